The molecule has 1 saturated carbocycles. The van der Waals surface area contributed by atoms with Crippen molar-refractivity contribution in [3.63, 3.8) is 0 Å². The van der Waals surface area contributed by atoms with Crippen LogP contribution >= 0.6 is 11.6 Å². The van der Waals surface area contributed by atoms with E-state index >= 15 is 0 Å². The first-order valence-corrected chi connectivity index (χ1v) is 6.01. The number of benzene rings is 1. The van der Waals surface area contributed by atoms with E-state index in [4.69, 9.17) is 16.3 Å². The molecule has 0 aromatic heterocycles. The third kappa shape index (κ3) is 1.61. The molecule has 16 heavy (non-hydrogen) atoms. The van der Waals surface area contributed by atoms with Crippen molar-refractivity contribution in [2.24, 2.45) is 0 Å². The van der Waals surface area contributed by atoms with Gasteiger partial charge >= 0.3 is 0 Å². The molecule has 0 aliphatic heterocycles. The number of hydrogen-bond acceptors (Lipinski definition) is 2. The van der Waals surface area contributed by atoms with Gasteiger partial charge in [0.2, 0.25) is 0 Å². The fourth-order valence-electron chi connectivity index (χ4n) is 2.40. The van der Waals surface area contributed by atoms with E-state index in [1.54, 1.807) is 7.11 Å². The summed E-state index contributed by atoms with van der Waals surface area (Å²) in [6.45, 7) is 0. The van der Waals surface area contributed by atoms with E-state index in [1.165, 1.54) is 0 Å². The number of carbonyl (C=O) groups is 1. The van der Waals surface area contributed by atoms with Crippen LogP contribution in [0.3, 0.4) is 0 Å². The standard InChI is InChI=1S/C13H15ClO2/c1-16-11-6-3-2-5-10(11)13(7-4-8-13)12(15)9-14/h2-3,5-6H,4,7-9H2,1H3. The molecule has 0 radical (unpaired) electrons. The highest BCUT2D eigenvalue weighted by molar-refractivity contribution is 6.29. The van der Waals surface area contributed by atoms with Crippen LogP contribution in [0.1, 0.15) is 24.8 Å². The molecule has 0 heterocycles. The van der Waals surface area contributed by atoms with Gasteiger partial charge < -0.3 is 4.74 Å². The van der Waals surface area contributed by atoms with Crippen molar-refractivity contribution in [3.05, 3.63) is 29.8 Å². The van der Waals surface area contributed by atoms with Crippen LogP contribution in [-0.4, -0.2) is 18.8 Å². The highest BCUT2D eigenvalue weighted by Crippen LogP contribution is 2.47. The molecular weight excluding hydrogens is 224 g/mol. The van der Waals surface area contributed by atoms with Gasteiger partial charge in [-0.2, -0.15) is 0 Å². The molecule has 2 nitrogen and oxygen atoms in total. The Bertz CT molecular complexity index is 397. The summed E-state index contributed by atoms with van der Waals surface area (Å²) in [4.78, 5) is 12.0. The first-order chi connectivity index (χ1) is 7.74. The summed E-state index contributed by atoms with van der Waals surface area (Å²) in [5.74, 6) is 0.989. The van der Waals surface area contributed by atoms with Crippen molar-refractivity contribution in [1.29, 1.82) is 0 Å². The minimum absolute atomic E-state index is 0.0814. The van der Waals surface area contributed by atoms with Gasteiger partial charge in [-0.3, -0.25) is 4.79 Å². The van der Waals surface area contributed by atoms with E-state index in [1.807, 2.05) is 24.3 Å². The number of rotatable bonds is 4. The Morgan fingerprint density at radius 2 is 2.12 bits per heavy atom. The van der Waals surface area contributed by atoms with Crippen LogP contribution in [0, 0.1) is 0 Å². The van der Waals surface area contributed by atoms with Crippen molar-refractivity contribution in [3.8, 4) is 5.75 Å². The zero-order chi connectivity index (χ0) is 11.6. The average Bonchev–Trinajstić information content (AvgIpc) is 2.28. The minimum atomic E-state index is -0.381. The number of carbonyl (C=O) groups excluding carboxylic acids is 1. The second-order valence-corrected chi connectivity index (χ2v) is 4.46. The van der Waals surface area contributed by atoms with Crippen LogP contribution in [0.2, 0.25) is 0 Å². The SMILES string of the molecule is COc1ccccc1C1(C(=O)CCl)CCC1. The maximum atomic E-state index is 12.0. The number of alkyl halides is 1. The monoisotopic (exact) mass is 238 g/mol. The Morgan fingerprint density at radius 1 is 1.44 bits per heavy atom. The molecule has 2 rings (SSSR count). The maximum Gasteiger partial charge on any atom is 0.158 e. The maximum absolute atomic E-state index is 12.0. The molecule has 0 spiro atoms. The molecule has 0 amide bonds. The molecule has 3 heteroatoms. The molecular formula is C13H15ClO2. The lowest BCUT2D eigenvalue weighted by Gasteiger charge is -2.41. The number of ketones is 1. The van der Waals surface area contributed by atoms with Crippen LogP contribution in [-0.2, 0) is 10.2 Å². The van der Waals surface area contributed by atoms with Gasteiger partial charge in [-0.1, -0.05) is 24.6 Å². The molecule has 0 saturated heterocycles. The molecule has 86 valence electrons. The predicted octanol–water partition coefficient (Wildman–Crippen LogP) is 2.92. The Labute approximate surface area is 101 Å². The molecule has 0 atom stereocenters. The predicted molar refractivity (Wildman–Crippen MR) is 64.3 cm³/mol. The first-order valence-electron chi connectivity index (χ1n) is 5.47. The number of para-hydroxylation sites is 1. The van der Waals surface area contributed by atoms with Crippen LogP contribution in [0.4, 0.5) is 0 Å². The van der Waals surface area contributed by atoms with Crippen LogP contribution < -0.4 is 4.74 Å². The van der Waals surface area contributed by atoms with Gasteiger partial charge in [0.05, 0.1) is 18.4 Å². The molecule has 1 aromatic carbocycles. The third-order valence-electron chi connectivity index (χ3n) is 3.48. The highest BCUT2D eigenvalue weighted by Gasteiger charge is 2.46. The second-order valence-electron chi connectivity index (χ2n) is 4.19. The van der Waals surface area contributed by atoms with E-state index < -0.39 is 0 Å². The van der Waals surface area contributed by atoms with Gasteiger partial charge in [0.15, 0.2) is 5.78 Å². The summed E-state index contributed by atoms with van der Waals surface area (Å²) in [7, 11) is 1.64. The largest absolute Gasteiger partial charge is 0.496 e. The van der Waals surface area contributed by atoms with Crippen LogP contribution in [0.5, 0.6) is 5.75 Å². The number of halogens is 1. The lowest BCUT2D eigenvalue weighted by molar-refractivity contribution is -0.125. The van der Waals surface area contributed by atoms with Gasteiger partial charge in [-0.25, -0.2) is 0 Å². The molecule has 0 unspecified atom stereocenters. The summed E-state index contributed by atoms with van der Waals surface area (Å²) in [6.07, 6.45) is 2.86. The molecule has 1 aromatic rings. The fraction of sp³-hybridized carbons (Fsp3) is 0.462. The number of ether oxygens (including phenoxy) is 1. The number of Topliss-reactive ketones (excluding diaryl/α,β-unsaturated/α-hetero) is 1. The third-order valence-corrected chi connectivity index (χ3v) is 3.73. The van der Waals surface area contributed by atoms with Crippen LogP contribution in [0.25, 0.3) is 0 Å². The van der Waals surface area contributed by atoms with E-state index in [2.05, 4.69) is 0 Å². The van der Waals surface area contributed by atoms with E-state index in [9.17, 15) is 4.79 Å². The lowest BCUT2D eigenvalue weighted by Crippen LogP contribution is -2.43. The Morgan fingerprint density at radius 3 is 2.62 bits per heavy atom. The molecule has 0 N–H and O–H groups in total. The average molecular weight is 239 g/mol. The van der Waals surface area contributed by atoms with Crippen molar-refractivity contribution in [2.45, 2.75) is 24.7 Å². The van der Waals surface area contributed by atoms with Crippen LogP contribution in [0.15, 0.2) is 24.3 Å². The van der Waals surface area contributed by atoms with E-state index in [0.717, 1.165) is 30.6 Å². The van der Waals surface area contributed by atoms with Gasteiger partial charge in [-0.15, -0.1) is 11.6 Å². The summed E-state index contributed by atoms with van der Waals surface area (Å²) >= 11 is 5.70. The summed E-state index contributed by atoms with van der Waals surface area (Å²) in [5, 5.41) is 0. The topological polar surface area (TPSA) is 26.3 Å². The molecule has 1 aliphatic carbocycles. The summed E-state index contributed by atoms with van der Waals surface area (Å²) < 4.78 is 5.33. The van der Waals surface area contributed by atoms with E-state index in [0.29, 0.717) is 0 Å². The van der Waals surface area contributed by atoms with Crippen molar-refractivity contribution in [1.82, 2.24) is 0 Å². The zero-order valence-corrected chi connectivity index (χ0v) is 10.1. The number of hydrogen-bond donors (Lipinski definition) is 0. The lowest BCUT2D eigenvalue weighted by atomic mass is 9.62. The Hall–Kier alpha value is -1.02. The fourth-order valence-corrected chi connectivity index (χ4v) is 2.65. The normalized spacial score (nSPS) is 17.6. The minimum Gasteiger partial charge on any atom is -0.496 e. The number of methoxy groups -OCH3 is 1. The smallest absolute Gasteiger partial charge is 0.158 e. The molecule has 1 fully saturated rings. The highest BCUT2D eigenvalue weighted by atomic mass is 35.5. The summed E-state index contributed by atoms with van der Waals surface area (Å²) in [5.41, 5.74) is 0.614. The van der Waals surface area contributed by atoms with Gasteiger partial charge in [-0.05, 0) is 18.9 Å². The zero-order valence-electron chi connectivity index (χ0n) is 9.33. The second kappa shape index (κ2) is 4.46. The molecule has 1 aliphatic rings. The van der Waals surface area contributed by atoms with E-state index in [-0.39, 0.29) is 17.1 Å². The Balaban J connectivity index is 2.44. The van der Waals surface area contributed by atoms with Gasteiger partial charge in [0.25, 0.3) is 0 Å². The Kier molecular flexibility index (Phi) is 3.20. The van der Waals surface area contributed by atoms with Crippen molar-refractivity contribution >= 4 is 17.4 Å². The van der Waals surface area contributed by atoms with Gasteiger partial charge in [0.1, 0.15) is 5.75 Å². The quantitative estimate of drug-likeness (QED) is 0.754. The first kappa shape index (κ1) is 11.5. The van der Waals surface area contributed by atoms with Crippen molar-refractivity contribution in [2.75, 3.05) is 13.0 Å². The van der Waals surface area contributed by atoms with Crippen molar-refractivity contribution < 1.29 is 9.53 Å². The molecule has 0 bridgehead atoms. The van der Waals surface area contributed by atoms with Gasteiger partial charge in [0, 0.05) is 5.56 Å². The summed E-state index contributed by atoms with van der Waals surface area (Å²) in [6, 6.07) is 7.73.